The average Bonchev–Trinajstić information content (AvgIpc) is 2.46. The van der Waals surface area contributed by atoms with E-state index >= 15 is 0 Å². The summed E-state index contributed by atoms with van der Waals surface area (Å²) < 4.78 is 6.02. The highest BCUT2D eigenvalue weighted by atomic mass is 16.5. The van der Waals surface area contributed by atoms with Crippen LogP contribution in [0.1, 0.15) is 23.2 Å². The van der Waals surface area contributed by atoms with E-state index in [1.54, 1.807) is 24.5 Å². The zero-order chi connectivity index (χ0) is 14.0. The second-order valence-electron chi connectivity index (χ2n) is 6.02. The molecule has 0 bridgehead atoms. The van der Waals surface area contributed by atoms with Crippen LogP contribution in [-0.4, -0.2) is 54.7 Å². The van der Waals surface area contributed by atoms with E-state index in [2.05, 4.69) is 22.2 Å². The Bertz CT molecular complexity index is 461. The molecule has 2 fully saturated rings. The first-order chi connectivity index (χ1) is 9.67. The van der Waals surface area contributed by atoms with E-state index in [-0.39, 0.29) is 11.5 Å². The number of hydrogen-bond donors (Lipinski definition) is 1. The number of aromatic nitrogens is 1. The van der Waals surface area contributed by atoms with Crippen molar-refractivity contribution < 1.29 is 9.53 Å². The van der Waals surface area contributed by atoms with Crippen molar-refractivity contribution in [3.8, 4) is 0 Å². The predicted octanol–water partition coefficient (Wildman–Crippen LogP) is 0.922. The molecule has 1 spiro atoms. The molecular weight excluding hydrogens is 254 g/mol. The summed E-state index contributed by atoms with van der Waals surface area (Å²) in [5, 5.41) is 2.97. The second kappa shape index (κ2) is 5.50. The molecule has 0 radical (unpaired) electrons. The quantitative estimate of drug-likeness (QED) is 0.891. The van der Waals surface area contributed by atoms with Crippen molar-refractivity contribution in [2.45, 2.75) is 18.4 Å². The molecule has 0 saturated carbocycles. The molecule has 5 nitrogen and oxygen atoms in total. The first-order valence-electron chi connectivity index (χ1n) is 7.18. The molecule has 108 valence electrons. The monoisotopic (exact) mass is 275 g/mol. The number of likely N-dealkylation sites (N-methyl/N-ethyl adjacent to an activating group) is 1. The molecule has 0 aliphatic carbocycles. The van der Waals surface area contributed by atoms with Crippen molar-refractivity contribution in [2.75, 3.05) is 33.3 Å². The van der Waals surface area contributed by atoms with Gasteiger partial charge in [-0.3, -0.25) is 9.78 Å². The maximum absolute atomic E-state index is 11.9. The third kappa shape index (κ3) is 2.83. The van der Waals surface area contributed by atoms with Crippen LogP contribution in [-0.2, 0) is 4.74 Å². The highest BCUT2D eigenvalue weighted by molar-refractivity contribution is 5.93. The van der Waals surface area contributed by atoms with E-state index in [1.807, 2.05) is 0 Å². The second-order valence-corrected chi connectivity index (χ2v) is 6.02. The van der Waals surface area contributed by atoms with Crippen LogP contribution in [0, 0.1) is 5.92 Å². The maximum atomic E-state index is 11.9. The number of nitrogens with one attached hydrogen (secondary N) is 1. The zero-order valence-corrected chi connectivity index (χ0v) is 11.8. The molecule has 3 rings (SSSR count). The van der Waals surface area contributed by atoms with Gasteiger partial charge in [0.25, 0.3) is 5.91 Å². The van der Waals surface area contributed by atoms with Gasteiger partial charge in [-0.15, -0.1) is 0 Å². The van der Waals surface area contributed by atoms with Gasteiger partial charge >= 0.3 is 0 Å². The number of carbonyl (C=O) groups is 1. The van der Waals surface area contributed by atoms with E-state index in [9.17, 15) is 4.79 Å². The number of pyridine rings is 1. The third-order valence-corrected chi connectivity index (χ3v) is 4.22. The van der Waals surface area contributed by atoms with Gasteiger partial charge in [0, 0.05) is 32.0 Å². The topological polar surface area (TPSA) is 54.5 Å². The fourth-order valence-electron chi connectivity index (χ4n) is 3.10. The summed E-state index contributed by atoms with van der Waals surface area (Å²) in [6, 6.07) is 3.55. The third-order valence-electron chi connectivity index (χ3n) is 4.22. The van der Waals surface area contributed by atoms with Crippen molar-refractivity contribution in [3.63, 3.8) is 0 Å². The minimum atomic E-state index is -0.0539. The van der Waals surface area contributed by atoms with E-state index in [0.717, 1.165) is 32.5 Å². The lowest BCUT2D eigenvalue weighted by atomic mass is 9.83. The van der Waals surface area contributed by atoms with E-state index < -0.39 is 0 Å². The SMILES string of the molecule is CN1CC2(CC[C@H](CNC(=O)c3cccnc3)CO2)C1. The molecule has 0 unspecified atom stereocenters. The Balaban J connectivity index is 1.43. The molecule has 1 atom stereocenters. The summed E-state index contributed by atoms with van der Waals surface area (Å²) >= 11 is 0. The number of nitrogens with zero attached hydrogens (tertiary/aromatic N) is 2. The maximum Gasteiger partial charge on any atom is 0.252 e. The van der Waals surface area contributed by atoms with Gasteiger partial charge in [-0.25, -0.2) is 0 Å². The van der Waals surface area contributed by atoms with Crippen LogP contribution < -0.4 is 5.32 Å². The van der Waals surface area contributed by atoms with Crippen LogP contribution in [0.2, 0.25) is 0 Å². The van der Waals surface area contributed by atoms with Crippen LogP contribution in [0.3, 0.4) is 0 Å². The van der Waals surface area contributed by atoms with Gasteiger partial charge < -0.3 is 15.0 Å². The van der Waals surface area contributed by atoms with Crippen LogP contribution in [0.5, 0.6) is 0 Å². The van der Waals surface area contributed by atoms with Crippen molar-refractivity contribution in [1.82, 2.24) is 15.2 Å². The lowest BCUT2D eigenvalue weighted by Gasteiger charge is -2.51. The summed E-state index contributed by atoms with van der Waals surface area (Å²) in [4.78, 5) is 18.2. The normalized spacial score (nSPS) is 25.1. The highest BCUT2D eigenvalue weighted by Gasteiger charge is 2.44. The molecule has 1 aromatic heterocycles. The molecule has 3 heterocycles. The Kier molecular flexibility index (Phi) is 3.72. The van der Waals surface area contributed by atoms with Crippen LogP contribution in [0.15, 0.2) is 24.5 Å². The Labute approximate surface area is 119 Å². The summed E-state index contributed by atoms with van der Waals surface area (Å²) in [5.74, 6) is 0.369. The first-order valence-corrected chi connectivity index (χ1v) is 7.18. The Morgan fingerprint density at radius 2 is 2.45 bits per heavy atom. The number of carbonyl (C=O) groups excluding carboxylic acids is 1. The molecule has 2 saturated heterocycles. The van der Waals surface area contributed by atoms with Gasteiger partial charge in [0.05, 0.1) is 17.8 Å². The Morgan fingerprint density at radius 3 is 3.05 bits per heavy atom. The lowest BCUT2D eigenvalue weighted by molar-refractivity contribution is -0.172. The number of hydrogen-bond acceptors (Lipinski definition) is 4. The Morgan fingerprint density at radius 1 is 1.60 bits per heavy atom. The van der Waals surface area contributed by atoms with Gasteiger partial charge in [0.15, 0.2) is 0 Å². The van der Waals surface area contributed by atoms with Crippen molar-refractivity contribution >= 4 is 5.91 Å². The lowest BCUT2D eigenvalue weighted by Crippen LogP contribution is -2.63. The van der Waals surface area contributed by atoms with E-state index in [0.29, 0.717) is 18.0 Å². The fourth-order valence-corrected chi connectivity index (χ4v) is 3.10. The van der Waals surface area contributed by atoms with Crippen LogP contribution >= 0.6 is 0 Å². The van der Waals surface area contributed by atoms with Gasteiger partial charge in [0.2, 0.25) is 0 Å². The number of amides is 1. The molecular formula is C15H21N3O2. The van der Waals surface area contributed by atoms with Gasteiger partial charge in [-0.1, -0.05) is 0 Å². The van der Waals surface area contributed by atoms with Crippen molar-refractivity contribution in [1.29, 1.82) is 0 Å². The molecule has 5 heteroatoms. The fraction of sp³-hybridized carbons (Fsp3) is 0.600. The van der Waals surface area contributed by atoms with Gasteiger partial charge in [0.1, 0.15) is 0 Å². The summed E-state index contributed by atoms with van der Waals surface area (Å²) in [6.07, 6.45) is 5.48. The minimum Gasteiger partial charge on any atom is -0.372 e. The molecule has 2 aliphatic rings. The van der Waals surface area contributed by atoms with Crippen LogP contribution in [0.4, 0.5) is 0 Å². The number of rotatable bonds is 3. The minimum absolute atomic E-state index is 0.0539. The number of likely N-dealkylation sites (tertiary alicyclic amines) is 1. The number of ether oxygens (including phenoxy) is 1. The van der Waals surface area contributed by atoms with Gasteiger partial charge in [-0.05, 0) is 37.9 Å². The van der Waals surface area contributed by atoms with Crippen LogP contribution in [0.25, 0.3) is 0 Å². The summed E-state index contributed by atoms with van der Waals surface area (Å²) in [6.45, 7) is 3.52. The predicted molar refractivity (Wildman–Crippen MR) is 75.5 cm³/mol. The molecule has 2 aliphatic heterocycles. The van der Waals surface area contributed by atoms with E-state index in [1.165, 1.54) is 0 Å². The standard InChI is InChI=1S/C15H21N3O2/c1-18-10-15(11-18)5-4-12(9-20-15)7-17-14(19)13-3-2-6-16-8-13/h2-3,6,8,12H,4-5,7,9-11H2,1H3,(H,17,19)/t12-/m1/s1. The average molecular weight is 275 g/mol. The van der Waals surface area contributed by atoms with Gasteiger partial charge in [-0.2, -0.15) is 0 Å². The van der Waals surface area contributed by atoms with E-state index in [4.69, 9.17) is 4.74 Å². The molecule has 20 heavy (non-hydrogen) atoms. The first kappa shape index (κ1) is 13.5. The summed E-state index contributed by atoms with van der Waals surface area (Å²) in [7, 11) is 2.12. The molecule has 0 aromatic carbocycles. The molecule has 1 amide bonds. The van der Waals surface area contributed by atoms with Crippen molar-refractivity contribution in [2.24, 2.45) is 5.92 Å². The highest BCUT2D eigenvalue weighted by Crippen LogP contribution is 2.34. The van der Waals surface area contributed by atoms with Crippen molar-refractivity contribution in [3.05, 3.63) is 30.1 Å². The molecule has 1 aromatic rings. The largest absolute Gasteiger partial charge is 0.372 e. The Hall–Kier alpha value is -1.46. The smallest absolute Gasteiger partial charge is 0.252 e. The molecule has 1 N–H and O–H groups in total. The zero-order valence-electron chi connectivity index (χ0n) is 11.8. The summed E-state index contributed by atoms with van der Waals surface area (Å²) in [5.41, 5.74) is 0.722.